The summed E-state index contributed by atoms with van der Waals surface area (Å²) in [4.78, 5) is 14.1. The van der Waals surface area contributed by atoms with Crippen LogP contribution in [0.2, 0.25) is 0 Å². The zero-order valence-electron chi connectivity index (χ0n) is 11.8. The van der Waals surface area contributed by atoms with E-state index >= 15 is 0 Å². The van der Waals surface area contributed by atoms with Crippen molar-refractivity contribution in [2.24, 2.45) is 5.92 Å². The van der Waals surface area contributed by atoms with Gasteiger partial charge in [0, 0.05) is 12.6 Å². The van der Waals surface area contributed by atoms with Crippen molar-refractivity contribution in [1.29, 1.82) is 0 Å². The van der Waals surface area contributed by atoms with Gasteiger partial charge in [0.25, 0.3) is 0 Å². The van der Waals surface area contributed by atoms with Crippen LogP contribution in [0.1, 0.15) is 44.2 Å². The summed E-state index contributed by atoms with van der Waals surface area (Å²) >= 11 is 0. The molecule has 1 aliphatic carbocycles. The second-order valence-corrected chi connectivity index (χ2v) is 6.04. The molecular formula is C16H22ClNO2. The lowest BCUT2D eigenvalue weighted by molar-refractivity contribution is -0.152. The molecule has 1 saturated heterocycles. The smallest absolute Gasteiger partial charge is 0.324 e. The molecule has 0 aromatic heterocycles. The molecule has 3 unspecified atom stereocenters. The predicted octanol–water partition coefficient (Wildman–Crippen LogP) is 3.50. The van der Waals surface area contributed by atoms with Crippen LogP contribution in [-0.2, 0) is 4.79 Å². The molecule has 3 atom stereocenters. The maximum Gasteiger partial charge on any atom is 0.324 e. The molecule has 1 aromatic carbocycles. The van der Waals surface area contributed by atoms with Crippen LogP contribution in [0.5, 0.6) is 0 Å². The summed E-state index contributed by atoms with van der Waals surface area (Å²) < 4.78 is 0. The summed E-state index contributed by atoms with van der Waals surface area (Å²) in [6, 6.07) is 10.4. The van der Waals surface area contributed by atoms with Gasteiger partial charge in [0.05, 0.1) is 0 Å². The molecule has 1 heterocycles. The second kappa shape index (κ2) is 5.74. The highest BCUT2D eigenvalue weighted by Gasteiger charge is 2.54. The van der Waals surface area contributed by atoms with Gasteiger partial charge in [-0.2, -0.15) is 0 Å². The van der Waals surface area contributed by atoms with Crippen molar-refractivity contribution in [3.05, 3.63) is 35.9 Å². The van der Waals surface area contributed by atoms with Crippen LogP contribution >= 0.6 is 12.4 Å². The van der Waals surface area contributed by atoms with Crippen LogP contribution in [-0.4, -0.2) is 28.1 Å². The van der Waals surface area contributed by atoms with Gasteiger partial charge in [0.15, 0.2) is 0 Å². The van der Waals surface area contributed by atoms with Crippen molar-refractivity contribution in [2.45, 2.75) is 44.2 Å². The minimum Gasteiger partial charge on any atom is -0.480 e. The van der Waals surface area contributed by atoms with Gasteiger partial charge in [-0.1, -0.05) is 36.8 Å². The van der Waals surface area contributed by atoms with E-state index in [-0.39, 0.29) is 18.4 Å². The summed E-state index contributed by atoms with van der Waals surface area (Å²) in [6.45, 7) is 3.07. The topological polar surface area (TPSA) is 40.5 Å². The standard InChI is InChI=1S/C16H21NO2.ClH/c1-12(14-7-3-2-4-8-14)17-11-13-6-5-9-16(17,10-13)15(18)19;/h2-4,7-8,12-13H,5-6,9-11H2,1H3,(H,18,19);1H. The number of halogens is 1. The SMILES string of the molecule is CC(c1ccccc1)N1CC2CCCC1(C(=O)O)C2.Cl. The van der Waals surface area contributed by atoms with Gasteiger partial charge in [-0.3, -0.25) is 9.69 Å². The number of carbonyl (C=O) groups is 1. The summed E-state index contributed by atoms with van der Waals surface area (Å²) in [5, 5.41) is 9.74. The minimum atomic E-state index is -0.627. The van der Waals surface area contributed by atoms with Crippen molar-refractivity contribution < 1.29 is 9.90 Å². The number of aliphatic carboxylic acids is 1. The van der Waals surface area contributed by atoms with Crippen LogP contribution < -0.4 is 0 Å². The fourth-order valence-corrected chi connectivity index (χ4v) is 3.99. The van der Waals surface area contributed by atoms with Gasteiger partial charge in [-0.15, -0.1) is 12.4 Å². The van der Waals surface area contributed by atoms with Crippen LogP contribution in [0.3, 0.4) is 0 Å². The van der Waals surface area contributed by atoms with E-state index in [0.717, 1.165) is 25.8 Å². The molecule has 1 aromatic rings. The maximum atomic E-state index is 11.8. The average Bonchev–Trinajstić information content (AvgIpc) is 2.71. The van der Waals surface area contributed by atoms with Crippen LogP contribution in [0, 0.1) is 5.92 Å². The van der Waals surface area contributed by atoms with Gasteiger partial charge >= 0.3 is 5.97 Å². The first-order valence-corrected chi connectivity index (χ1v) is 7.18. The molecule has 2 bridgehead atoms. The molecular weight excluding hydrogens is 274 g/mol. The van der Waals surface area contributed by atoms with E-state index in [0.29, 0.717) is 5.92 Å². The van der Waals surface area contributed by atoms with E-state index in [1.807, 2.05) is 18.2 Å². The van der Waals surface area contributed by atoms with E-state index in [2.05, 4.69) is 24.0 Å². The number of hydrogen-bond donors (Lipinski definition) is 1. The summed E-state index contributed by atoms with van der Waals surface area (Å²) in [7, 11) is 0. The number of likely N-dealkylation sites (tertiary alicyclic amines) is 1. The van der Waals surface area contributed by atoms with E-state index in [9.17, 15) is 9.90 Å². The number of carboxylic acid groups (broad SMARTS) is 1. The largest absolute Gasteiger partial charge is 0.480 e. The van der Waals surface area contributed by atoms with Gasteiger partial charge in [-0.25, -0.2) is 0 Å². The zero-order chi connectivity index (χ0) is 13.5. The molecule has 4 heteroatoms. The molecule has 110 valence electrons. The molecule has 3 rings (SSSR count). The number of fused-ring (bicyclic) bond motifs is 2. The molecule has 1 saturated carbocycles. The highest BCUT2D eigenvalue weighted by molar-refractivity contribution is 5.85. The van der Waals surface area contributed by atoms with Crippen molar-refractivity contribution in [3.63, 3.8) is 0 Å². The Labute approximate surface area is 126 Å². The Morgan fingerprint density at radius 3 is 2.75 bits per heavy atom. The Morgan fingerprint density at radius 2 is 2.10 bits per heavy atom. The molecule has 1 aliphatic heterocycles. The number of hydrogen-bond acceptors (Lipinski definition) is 2. The molecule has 3 nitrogen and oxygen atoms in total. The predicted molar refractivity (Wildman–Crippen MR) is 81.1 cm³/mol. The van der Waals surface area contributed by atoms with Crippen LogP contribution in [0.4, 0.5) is 0 Å². The maximum absolute atomic E-state index is 11.8. The first-order valence-electron chi connectivity index (χ1n) is 7.18. The first-order chi connectivity index (χ1) is 9.13. The highest BCUT2D eigenvalue weighted by Crippen LogP contribution is 2.47. The third kappa shape index (κ3) is 2.33. The Kier molecular flexibility index (Phi) is 4.40. The average molecular weight is 296 g/mol. The Morgan fingerprint density at radius 1 is 1.40 bits per heavy atom. The highest BCUT2D eigenvalue weighted by atomic mass is 35.5. The molecule has 1 N–H and O–H groups in total. The summed E-state index contributed by atoms with van der Waals surface area (Å²) in [5.41, 5.74) is 0.605. The second-order valence-electron chi connectivity index (χ2n) is 6.04. The van der Waals surface area contributed by atoms with Crippen LogP contribution in [0.15, 0.2) is 30.3 Å². The monoisotopic (exact) mass is 295 g/mol. The van der Waals surface area contributed by atoms with Gasteiger partial charge in [-0.05, 0) is 37.7 Å². The Balaban J connectivity index is 0.00000147. The van der Waals surface area contributed by atoms with Crippen molar-refractivity contribution >= 4 is 18.4 Å². The lowest BCUT2D eigenvalue weighted by Crippen LogP contribution is -2.51. The van der Waals surface area contributed by atoms with E-state index in [1.165, 1.54) is 12.0 Å². The van der Waals surface area contributed by atoms with Crippen molar-refractivity contribution in [1.82, 2.24) is 4.90 Å². The number of benzene rings is 1. The summed E-state index contributed by atoms with van der Waals surface area (Å²) in [6.07, 6.45) is 3.87. The molecule has 0 spiro atoms. The van der Waals surface area contributed by atoms with E-state index < -0.39 is 11.5 Å². The Hall–Kier alpha value is -1.06. The normalized spacial score (nSPS) is 30.6. The third-order valence-electron chi connectivity index (χ3n) is 4.98. The number of nitrogens with zero attached hydrogens (tertiary/aromatic N) is 1. The lowest BCUT2D eigenvalue weighted by atomic mass is 9.79. The molecule has 0 amide bonds. The number of carboxylic acids is 1. The Bertz CT molecular complexity index is 479. The van der Waals surface area contributed by atoms with Gasteiger partial charge in [0.1, 0.15) is 5.54 Å². The minimum absolute atomic E-state index is 0. The van der Waals surface area contributed by atoms with Crippen molar-refractivity contribution in [2.75, 3.05) is 6.54 Å². The van der Waals surface area contributed by atoms with Gasteiger partial charge < -0.3 is 5.11 Å². The molecule has 2 fully saturated rings. The van der Waals surface area contributed by atoms with E-state index in [4.69, 9.17) is 0 Å². The molecule has 20 heavy (non-hydrogen) atoms. The zero-order valence-corrected chi connectivity index (χ0v) is 12.6. The van der Waals surface area contributed by atoms with Crippen LogP contribution in [0.25, 0.3) is 0 Å². The van der Waals surface area contributed by atoms with Crippen molar-refractivity contribution in [3.8, 4) is 0 Å². The number of rotatable bonds is 3. The first kappa shape index (κ1) is 15.3. The molecule has 0 radical (unpaired) electrons. The molecule has 2 aliphatic rings. The van der Waals surface area contributed by atoms with E-state index in [1.54, 1.807) is 0 Å². The quantitative estimate of drug-likeness (QED) is 0.928. The van der Waals surface area contributed by atoms with Gasteiger partial charge in [0.2, 0.25) is 0 Å². The fraction of sp³-hybridized carbons (Fsp3) is 0.562. The lowest BCUT2D eigenvalue weighted by Gasteiger charge is -2.39. The summed E-state index contributed by atoms with van der Waals surface area (Å²) in [5.74, 6) is -0.0616. The fourth-order valence-electron chi connectivity index (χ4n) is 3.99. The third-order valence-corrected chi connectivity index (χ3v) is 4.98.